The van der Waals surface area contributed by atoms with Gasteiger partial charge in [0.2, 0.25) is 0 Å². The van der Waals surface area contributed by atoms with Crippen molar-refractivity contribution in [3.05, 3.63) is 18.6 Å². The van der Waals surface area contributed by atoms with Crippen molar-refractivity contribution in [3.8, 4) is 0 Å². The summed E-state index contributed by atoms with van der Waals surface area (Å²) in [6.45, 7) is 5.59. The van der Waals surface area contributed by atoms with Crippen molar-refractivity contribution in [1.82, 2.24) is 0 Å². The van der Waals surface area contributed by atoms with Gasteiger partial charge in [-0.1, -0.05) is 28.9 Å². The van der Waals surface area contributed by atoms with Crippen LogP contribution in [0.15, 0.2) is 12.7 Å². The second-order valence-electron chi connectivity index (χ2n) is 1.18. The van der Waals surface area contributed by atoms with Crippen LogP contribution in [0.4, 0.5) is 0 Å². The van der Waals surface area contributed by atoms with Crippen LogP contribution in [-0.4, -0.2) is 5.33 Å². The molecule has 0 fully saturated rings. The van der Waals surface area contributed by atoms with Gasteiger partial charge in [0.1, 0.15) is 0 Å². The third-order valence-electron chi connectivity index (χ3n) is 0.559. The third kappa shape index (κ3) is 2.46. The highest BCUT2D eigenvalue weighted by atomic mass is 79.9. The first-order chi connectivity index (χ1) is 2.81. The van der Waals surface area contributed by atoms with Crippen molar-refractivity contribution in [2.45, 2.75) is 6.92 Å². The zero-order chi connectivity index (χ0) is 4.99. The number of allylic oxidation sites excluding steroid dienone is 1. The van der Waals surface area contributed by atoms with Crippen LogP contribution < -0.4 is 0 Å². The number of hydrogen-bond donors (Lipinski definition) is 0. The number of halogens is 1. The number of hydrogen-bond acceptors (Lipinski definition) is 0. The molecule has 1 heteroatoms. The molecule has 0 rings (SSSR count). The number of alkyl halides is 1. The molecule has 0 aliphatic carbocycles. The maximum Gasteiger partial charge on any atom is 0.0128 e. The Morgan fingerprint density at radius 2 is 2.50 bits per heavy atom. The van der Waals surface area contributed by atoms with Gasteiger partial charge in [0, 0.05) is 11.2 Å². The summed E-state index contributed by atoms with van der Waals surface area (Å²) in [6, 6.07) is 0. The van der Waals surface area contributed by atoms with Crippen molar-refractivity contribution >= 4 is 15.9 Å². The molecule has 0 aromatic rings. The Hall–Kier alpha value is 0.220. The molecule has 0 bridgehead atoms. The molecule has 0 heterocycles. The average molecular weight is 148 g/mol. The van der Waals surface area contributed by atoms with Gasteiger partial charge in [-0.2, -0.15) is 0 Å². The molecule has 0 N–H and O–H groups in total. The van der Waals surface area contributed by atoms with Crippen LogP contribution in [0.1, 0.15) is 6.92 Å². The summed E-state index contributed by atoms with van der Waals surface area (Å²) in [5, 5.41) is 0.941. The SMILES string of the molecule is C=C[C](C)CBr. The fourth-order valence-corrected chi connectivity index (χ4v) is 0.283. The van der Waals surface area contributed by atoms with Crippen molar-refractivity contribution in [2.75, 3.05) is 5.33 Å². The Kier molecular flexibility index (Phi) is 3.54. The van der Waals surface area contributed by atoms with Crippen molar-refractivity contribution in [3.63, 3.8) is 0 Å². The molecule has 0 aliphatic rings. The van der Waals surface area contributed by atoms with Crippen molar-refractivity contribution in [2.24, 2.45) is 0 Å². The highest BCUT2D eigenvalue weighted by Gasteiger charge is 1.87. The molecule has 0 nitrogen and oxygen atoms in total. The average Bonchev–Trinajstić information content (AvgIpc) is 1.65. The first-order valence-corrected chi connectivity index (χ1v) is 2.94. The summed E-state index contributed by atoms with van der Waals surface area (Å²) in [4.78, 5) is 0. The maximum atomic E-state index is 3.56. The maximum absolute atomic E-state index is 3.56. The van der Waals surface area contributed by atoms with Crippen LogP contribution in [0, 0.1) is 5.92 Å². The molecule has 0 aromatic heterocycles. The van der Waals surface area contributed by atoms with Gasteiger partial charge < -0.3 is 0 Å². The first-order valence-electron chi connectivity index (χ1n) is 1.82. The predicted molar refractivity (Wildman–Crippen MR) is 32.9 cm³/mol. The summed E-state index contributed by atoms with van der Waals surface area (Å²) in [5.41, 5.74) is 0. The molecule has 35 valence electrons. The fraction of sp³-hybridized carbons (Fsp3) is 0.400. The highest BCUT2D eigenvalue weighted by Crippen LogP contribution is 2.00. The normalized spacial score (nSPS) is 9.17. The van der Waals surface area contributed by atoms with E-state index in [4.69, 9.17) is 0 Å². The van der Waals surface area contributed by atoms with Crippen LogP contribution in [0.5, 0.6) is 0 Å². The zero-order valence-electron chi connectivity index (χ0n) is 3.87. The fourth-order valence-electron chi connectivity index (χ4n) is 0.0546. The van der Waals surface area contributed by atoms with Gasteiger partial charge in [-0.05, 0) is 0 Å². The molecule has 0 amide bonds. The van der Waals surface area contributed by atoms with Gasteiger partial charge in [0.05, 0.1) is 0 Å². The van der Waals surface area contributed by atoms with Gasteiger partial charge >= 0.3 is 0 Å². The van der Waals surface area contributed by atoms with Crippen molar-refractivity contribution in [1.29, 1.82) is 0 Å². The van der Waals surface area contributed by atoms with Crippen LogP contribution in [-0.2, 0) is 0 Å². The largest absolute Gasteiger partial charge is 0.102 e. The third-order valence-corrected chi connectivity index (χ3v) is 1.44. The Bertz CT molecular complexity index is 41.2. The predicted octanol–water partition coefficient (Wildman–Crippen LogP) is 2.16. The summed E-state index contributed by atoms with van der Waals surface area (Å²) in [5.74, 6) is 1.27. The van der Waals surface area contributed by atoms with Crippen LogP contribution in [0.2, 0.25) is 0 Å². The Morgan fingerprint density at radius 3 is 2.50 bits per heavy atom. The molecule has 0 saturated carbocycles. The molecule has 0 aliphatic heterocycles. The van der Waals surface area contributed by atoms with E-state index in [1.165, 1.54) is 5.92 Å². The molecule has 0 unspecified atom stereocenters. The van der Waals surface area contributed by atoms with Gasteiger partial charge in [-0.15, -0.1) is 6.58 Å². The minimum atomic E-state index is 0.941. The Labute approximate surface area is 47.4 Å². The van der Waals surface area contributed by atoms with Gasteiger partial charge in [-0.25, -0.2) is 0 Å². The summed E-state index contributed by atoms with van der Waals surface area (Å²) in [7, 11) is 0. The molecular weight excluding hydrogens is 140 g/mol. The lowest BCUT2D eigenvalue weighted by molar-refractivity contribution is 1.24. The Morgan fingerprint density at radius 1 is 2.00 bits per heavy atom. The molecule has 0 saturated heterocycles. The van der Waals surface area contributed by atoms with Crippen molar-refractivity contribution < 1.29 is 0 Å². The molecule has 6 heavy (non-hydrogen) atoms. The van der Waals surface area contributed by atoms with Crippen LogP contribution in [0.3, 0.4) is 0 Å². The Balaban J connectivity index is 2.96. The van der Waals surface area contributed by atoms with E-state index >= 15 is 0 Å². The van der Waals surface area contributed by atoms with E-state index in [-0.39, 0.29) is 0 Å². The molecule has 1 radical (unpaired) electrons. The molecule has 0 atom stereocenters. The van der Waals surface area contributed by atoms with Crippen LogP contribution >= 0.6 is 15.9 Å². The van der Waals surface area contributed by atoms with E-state index in [2.05, 4.69) is 22.5 Å². The van der Waals surface area contributed by atoms with Gasteiger partial charge in [-0.3, -0.25) is 0 Å². The lowest BCUT2D eigenvalue weighted by Crippen LogP contribution is -1.82. The quantitative estimate of drug-likeness (QED) is 0.526. The molecule has 0 spiro atoms. The van der Waals surface area contributed by atoms with Gasteiger partial charge in [0.25, 0.3) is 0 Å². The smallest absolute Gasteiger partial charge is 0.0128 e. The van der Waals surface area contributed by atoms with E-state index < -0.39 is 0 Å². The van der Waals surface area contributed by atoms with E-state index in [9.17, 15) is 0 Å². The minimum Gasteiger partial charge on any atom is -0.102 e. The summed E-state index contributed by atoms with van der Waals surface area (Å²) >= 11 is 3.27. The first kappa shape index (κ1) is 6.22. The standard InChI is InChI=1S/C5H8Br/c1-3-5(2)4-6/h3H,1,4H2,2H3. The summed E-state index contributed by atoms with van der Waals surface area (Å²) in [6.07, 6.45) is 1.84. The number of rotatable bonds is 2. The van der Waals surface area contributed by atoms with E-state index in [0.717, 1.165) is 5.33 Å². The lowest BCUT2D eigenvalue weighted by Gasteiger charge is -1.91. The molecule has 0 aromatic carbocycles. The van der Waals surface area contributed by atoms with Gasteiger partial charge in [0.15, 0.2) is 0 Å². The minimum absolute atomic E-state index is 0.941. The molecular formula is C5H8Br. The monoisotopic (exact) mass is 147 g/mol. The lowest BCUT2D eigenvalue weighted by atomic mass is 10.2. The second kappa shape index (κ2) is 3.41. The topological polar surface area (TPSA) is 0 Å². The zero-order valence-corrected chi connectivity index (χ0v) is 5.46. The summed E-state index contributed by atoms with van der Waals surface area (Å²) < 4.78 is 0. The van der Waals surface area contributed by atoms with E-state index in [1.54, 1.807) is 0 Å². The second-order valence-corrected chi connectivity index (χ2v) is 1.74. The van der Waals surface area contributed by atoms with E-state index in [1.807, 2.05) is 13.0 Å². The van der Waals surface area contributed by atoms with E-state index in [0.29, 0.717) is 0 Å². The van der Waals surface area contributed by atoms with Crippen LogP contribution in [0.25, 0.3) is 0 Å². The highest BCUT2D eigenvalue weighted by molar-refractivity contribution is 9.09.